The Morgan fingerprint density at radius 3 is 2.57 bits per heavy atom. The zero-order chi connectivity index (χ0) is 25.4. The molecule has 0 bridgehead atoms. The largest absolute Gasteiger partial charge is 0.462 e. The average Bonchev–Trinajstić information content (AvgIpc) is 3.22. The van der Waals surface area contributed by atoms with Gasteiger partial charge in [-0.3, -0.25) is 9.59 Å². The van der Waals surface area contributed by atoms with Crippen molar-refractivity contribution in [3.63, 3.8) is 0 Å². The second kappa shape index (κ2) is 12.4. The maximum Gasteiger partial charge on any atom is 0.338 e. The fourth-order valence-corrected chi connectivity index (χ4v) is 3.95. The highest BCUT2D eigenvalue weighted by Crippen LogP contribution is 2.20. The monoisotopic (exact) mass is 515 g/mol. The van der Waals surface area contributed by atoms with Crippen LogP contribution in [-0.2, 0) is 16.6 Å². The van der Waals surface area contributed by atoms with E-state index < -0.39 is 12.0 Å². The van der Waals surface area contributed by atoms with Gasteiger partial charge in [0.15, 0.2) is 11.0 Å². The molecule has 2 N–H and O–H groups in total. The highest BCUT2D eigenvalue weighted by atomic mass is 35.5. The van der Waals surface area contributed by atoms with E-state index in [-0.39, 0.29) is 17.6 Å². The van der Waals surface area contributed by atoms with Crippen LogP contribution in [0.5, 0.6) is 0 Å². The molecule has 0 saturated carbocycles. The predicted octanol–water partition coefficient (Wildman–Crippen LogP) is 4.26. The smallest absolute Gasteiger partial charge is 0.338 e. The SMILES string of the molecule is CCCOC(=O)c1cccc(NC(=O)CSc2nnc([C@H](C)NC(=O)c3ccc(Cl)cc3)n2C)c1. The molecule has 0 aliphatic heterocycles. The van der Waals surface area contributed by atoms with Crippen LogP contribution < -0.4 is 10.6 Å². The van der Waals surface area contributed by atoms with E-state index in [1.807, 2.05) is 6.92 Å². The lowest BCUT2D eigenvalue weighted by Gasteiger charge is -2.13. The van der Waals surface area contributed by atoms with Gasteiger partial charge in [0.2, 0.25) is 5.91 Å². The standard InChI is InChI=1S/C24H26ClN5O4S/c1-4-12-34-23(33)17-6-5-7-19(13-17)27-20(31)14-35-24-29-28-21(30(24)3)15(2)26-22(32)16-8-10-18(25)11-9-16/h5-11,13,15H,4,12,14H2,1-3H3,(H,26,32)(H,27,31)/t15-/m0/s1. The number of esters is 1. The van der Waals surface area contributed by atoms with E-state index in [4.69, 9.17) is 16.3 Å². The molecule has 1 atom stereocenters. The van der Waals surface area contributed by atoms with Gasteiger partial charge in [0.25, 0.3) is 5.91 Å². The van der Waals surface area contributed by atoms with Gasteiger partial charge < -0.3 is 19.9 Å². The summed E-state index contributed by atoms with van der Waals surface area (Å²) in [5.41, 5.74) is 1.35. The van der Waals surface area contributed by atoms with E-state index in [9.17, 15) is 14.4 Å². The van der Waals surface area contributed by atoms with Crippen molar-refractivity contribution in [3.05, 3.63) is 70.5 Å². The second-order valence-electron chi connectivity index (χ2n) is 7.66. The Labute approximate surface area is 212 Å². The summed E-state index contributed by atoms with van der Waals surface area (Å²) in [5.74, 6) is -0.314. The minimum atomic E-state index is -0.429. The number of hydrogen-bond acceptors (Lipinski definition) is 7. The summed E-state index contributed by atoms with van der Waals surface area (Å²) in [7, 11) is 1.77. The number of nitrogens with one attached hydrogen (secondary N) is 2. The first-order valence-electron chi connectivity index (χ1n) is 10.9. The molecule has 3 aromatic rings. The summed E-state index contributed by atoms with van der Waals surface area (Å²) in [5, 5.41) is 15.0. The lowest BCUT2D eigenvalue weighted by molar-refractivity contribution is -0.113. The maximum atomic E-state index is 12.5. The molecule has 35 heavy (non-hydrogen) atoms. The third-order valence-electron chi connectivity index (χ3n) is 4.86. The molecule has 2 aromatic carbocycles. The molecule has 0 radical (unpaired) electrons. The number of amides is 2. The maximum absolute atomic E-state index is 12.5. The predicted molar refractivity (Wildman–Crippen MR) is 135 cm³/mol. The third-order valence-corrected chi connectivity index (χ3v) is 6.13. The number of thioether (sulfide) groups is 1. The van der Waals surface area contributed by atoms with E-state index in [1.165, 1.54) is 11.8 Å². The van der Waals surface area contributed by atoms with Crippen LogP contribution in [0.1, 0.15) is 52.9 Å². The highest BCUT2D eigenvalue weighted by Gasteiger charge is 2.19. The zero-order valence-corrected chi connectivity index (χ0v) is 21.2. The van der Waals surface area contributed by atoms with Crippen molar-refractivity contribution in [2.75, 3.05) is 17.7 Å². The van der Waals surface area contributed by atoms with E-state index >= 15 is 0 Å². The molecule has 1 aromatic heterocycles. The van der Waals surface area contributed by atoms with E-state index in [2.05, 4.69) is 20.8 Å². The first kappa shape index (κ1) is 26.2. The lowest BCUT2D eigenvalue weighted by Crippen LogP contribution is -2.28. The molecule has 0 aliphatic carbocycles. The van der Waals surface area contributed by atoms with Crippen molar-refractivity contribution in [3.8, 4) is 0 Å². The van der Waals surface area contributed by atoms with Crippen LogP contribution in [0.25, 0.3) is 0 Å². The number of carbonyl (C=O) groups is 3. The zero-order valence-electron chi connectivity index (χ0n) is 19.6. The molecule has 0 fully saturated rings. The number of benzene rings is 2. The van der Waals surface area contributed by atoms with Crippen molar-refractivity contribution in [1.29, 1.82) is 0 Å². The fourth-order valence-electron chi connectivity index (χ4n) is 3.10. The van der Waals surface area contributed by atoms with Crippen molar-refractivity contribution in [1.82, 2.24) is 20.1 Å². The van der Waals surface area contributed by atoms with E-state index in [0.29, 0.717) is 39.4 Å². The Morgan fingerprint density at radius 1 is 1.11 bits per heavy atom. The molecule has 1 heterocycles. The minimum Gasteiger partial charge on any atom is -0.462 e. The van der Waals surface area contributed by atoms with Gasteiger partial charge in [-0.2, -0.15) is 0 Å². The van der Waals surface area contributed by atoms with Crippen LogP contribution in [0, 0.1) is 0 Å². The first-order valence-corrected chi connectivity index (χ1v) is 12.3. The van der Waals surface area contributed by atoms with Crippen LogP contribution in [0.15, 0.2) is 53.7 Å². The molecule has 9 nitrogen and oxygen atoms in total. The Balaban J connectivity index is 1.55. The van der Waals surface area contributed by atoms with Gasteiger partial charge in [-0.25, -0.2) is 4.79 Å². The molecule has 11 heteroatoms. The van der Waals surface area contributed by atoms with Crippen molar-refractivity contribution >= 4 is 46.8 Å². The van der Waals surface area contributed by atoms with Crippen LogP contribution in [0.3, 0.4) is 0 Å². The topological polar surface area (TPSA) is 115 Å². The van der Waals surface area contributed by atoms with Crippen molar-refractivity contribution in [2.24, 2.45) is 7.05 Å². The van der Waals surface area contributed by atoms with Gasteiger partial charge in [0.1, 0.15) is 0 Å². The van der Waals surface area contributed by atoms with Gasteiger partial charge >= 0.3 is 5.97 Å². The Kier molecular flexibility index (Phi) is 9.27. The minimum absolute atomic E-state index is 0.0853. The van der Waals surface area contributed by atoms with Crippen LogP contribution in [0.2, 0.25) is 5.02 Å². The highest BCUT2D eigenvalue weighted by molar-refractivity contribution is 7.99. The Bertz CT molecular complexity index is 1200. The van der Waals surface area contributed by atoms with Gasteiger partial charge in [0, 0.05) is 23.3 Å². The molecular weight excluding hydrogens is 490 g/mol. The first-order chi connectivity index (χ1) is 16.8. The number of carbonyl (C=O) groups excluding carboxylic acids is 3. The summed E-state index contributed by atoms with van der Waals surface area (Å²) < 4.78 is 6.86. The molecule has 0 saturated heterocycles. The molecule has 184 valence electrons. The number of aromatic nitrogens is 3. The molecule has 0 spiro atoms. The van der Waals surface area contributed by atoms with E-state index in [0.717, 1.165) is 6.42 Å². The van der Waals surface area contributed by atoms with E-state index in [1.54, 1.807) is 67.1 Å². The lowest BCUT2D eigenvalue weighted by atomic mass is 10.2. The average molecular weight is 516 g/mol. The number of halogens is 1. The summed E-state index contributed by atoms with van der Waals surface area (Å²) in [4.78, 5) is 36.9. The molecule has 0 aliphatic rings. The quantitative estimate of drug-likeness (QED) is 0.306. The number of nitrogens with zero attached hydrogens (tertiary/aromatic N) is 3. The third kappa shape index (κ3) is 7.30. The normalized spacial score (nSPS) is 11.5. The molecule has 0 unspecified atom stereocenters. The molecule has 2 amide bonds. The summed E-state index contributed by atoms with van der Waals surface area (Å²) in [6.45, 7) is 4.06. The van der Waals surface area contributed by atoms with Crippen molar-refractivity contribution in [2.45, 2.75) is 31.5 Å². The number of ether oxygens (including phenoxy) is 1. The second-order valence-corrected chi connectivity index (χ2v) is 9.03. The number of anilines is 1. The van der Waals surface area contributed by atoms with Gasteiger partial charge in [-0.05, 0) is 55.8 Å². The van der Waals surface area contributed by atoms with Crippen LogP contribution in [0.4, 0.5) is 5.69 Å². The molecular formula is C24H26ClN5O4S. The summed E-state index contributed by atoms with van der Waals surface area (Å²) >= 11 is 7.08. The summed E-state index contributed by atoms with van der Waals surface area (Å²) in [6.07, 6.45) is 0.733. The van der Waals surface area contributed by atoms with Gasteiger partial charge in [-0.1, -0.05) is 36.4 Å². The van der Waals surface area contributed by atoms with Gasteiger partial charge in [0.05, 0.1) is 24.0 Å². The molecule has 3 rings (SSSR count). The van der Waals surface area contributed by atoms with Crippen LogP contribution in [-0.4, -0.2) is 44.9 Å². The fraction of sp³-hybridized carbons (Fsp3) is 0.292. The summed E-state index contributed by atoms with van der Waals surface area (Å²) in [6, 6.07) is 12.8. The number of rotatable bonds is 10. The number of hydrogen-bond donors (Lipinski definition) is 2. The van der Waals surface area contributed by atoms with Crippen LogP contribution >= 0.6 is 23.4 Å². The Hall–Kier alpha value is -3.37. The van der Waals surface area contributed by atoms with Gasteiger partial charge in [-0.15, -0.1) is 10.2 Å². The Morgan fingerprint density at radius 2 is 1.86 bits per heavy atom. The van der Waals surface area contributed by atoms with Crippen molar-refractivity contribution < 1.29 is 19.1 Å².